The Morgan fingerprint density at radius 3 is 2.34 bits per heavy atom. The maximum Gasteiger partial charge on any atom is 0.225 e. The van der Waals surface area contributed by atoms with Crippen molar-refractivity contribution < 1.29 is 4.79 Å². The van der Waals surface area contributed by atoms with Crippen LogP contribution in [0.15, 0.2) is 55.2 Å². The van der Waals surface area contributed by atoms with Crippen LogP contribution in [-0.4, -0.2) is 43.8 Å². The first kappa shape index (κ1) is 19.2. The molecule has 1 fully saturated rings. The number of aromatic nitrogens is 4. The molecule has 0 aliphatic carbocycles. The topological polar surface area (TPSA) is 71.9 Å². The van der Waals surface area contributed by atoms with Gasteiger partial charge in [-0.2, -0.15) is 0 Å². The van der Waals surface area contributed by atoms with Crippen LogP contribution in [-0.2, 0) is 4.79 Å². The lowest BCUT2D eigenvalue weighted by Gasteiger charge is -2.34. The SMILES string of the molecule is CC(C)C(=O)N1CCCC(c2nc(-c3ccncc3)ncc2-c2ccncc2)C1. The molecule has 3 aromatic heterocycles. The molecular weight excluding hydrogens is 362 g/mol. The van der Waals surface area contributed by atoms with Crippen molar-refractivity contribution in [3.63, 3.8) is 0 Å². The number of amides is 1. The maximum absolute atomic E-state index is 12.6. The Balaban J connectivity index is 1.75. The number of carbonyl (C=O) groups excluding carboxylic acids is 1. The molecule has 1 amide bonds. The van der Waals surface area contributed by atoms with Crippen molar-refractivity contribution in [1.82, 2.24) is 24.8 Å². The Labute approximate surface area is 171 Å². The van der Waals surface area contributed by atoms with E-state index >= 15 is 0 Å². The van der Waals surface area contributed by atoms with Gasteiger partial charge in [0.05, 0.1) is 5.69 Å². The van der Waals surface area contributed by atoms with Crippen molar-refractivity contribution in [2.45, 2.75) is 32.6 Å². The molecule has 1 unspecified atom stereocenters. The molecule has 0 spiro atoms. The first-order valence-corrected chi connectivity index (χ1v) is 10.1. The van der Waals surface area contributed by atoms with Gasteiger partial charge < -0.3 is 4.90 Å². The van der Waals surface area contributed by atoms with Crippen molar-refractivity contribution in [1.29, 1.82) is 0 Å². The van der Waals surface area contributed by atoms with Crippen molar-refractivity contribution in [2.24, 2.45) is 5.92 Å². The predicted octanol–water partition coefficient (Wildman–Crippen LogP) is 3.96. The standard InChI is InChI=1S/C23H25N5O/c1-16(2)23(29)28-13-3-4-19(15-28)21-20(17-5-9-24-10-6-17)14-26-22(27-21)18-7-11-25-12-8-18/h5-12,14,16,19H,3-4,13,15H2,1-2H3. The van der Waals surface area contributed by atoms with Gasteiger partial charge in [-0.1, -0.05) is 13.8 Å². The second-order valence-electron chi connectivity index (χ2n) is 7.74. The smallest absolute Gasteiger partial charge is 0.225 e. The second-order valence-corrected chi connectivity index (χ2v) is 7.74. The summed E-state index contributed by atoms with van der Waals surface area (Å²) in [7, 11) is 0. The highest BCUT2D eigenvalue weighted by Gasteiger charge is 2.29. The number of piperidine rings is 1. The van der Waals surface area contributed by atoms with Gasteiger partial charge in [0, 0.05) is 67.0 Å². The van der Waals surface area contributed by atoms with E-state index < -0.39 is 0 Å². The summed E-state index contributed by atoms with van der Waals surface area (Å²) in [4.78, 5) is 32.4. The third-order valence-electron chi connectivity index (χ3n) is 5.36. The quantitative estimate of drug-likeness (QED) is 0.677. The Kier molecular flexibility index (Phi) is 5.60. The number of nitrogens with zero attached hydrogens (tertiary/aromatic N) is 5. The molecule has 3 aromatic rings. The first-order chi connectivity index (χ1) is 14.1. The van der Waals surface area contributed by atoms with E-state index in [1.54, 1.807) is 24.8 Å². The fourth-order valence-electron chi connectivity index (χ4n) is 3.87. The van der Waals surface area contributed by atoms with E-state index in [0.29, 0.717) is 12.4 Å². The first-order valence-electron chi connectivity index (χ1n) is 10.1. The number of hydrogen-bond acceptors (Lipinski definition) is 5. The number of carbonyl (C=O) groups is 1. The molecule has 6 heteroatoms. The van der Waals surface area contributed by atoms with Gasteiger partial charge in [-0.15, -0.1) is 0 Å². The molecule has 0 aromatic carbocycles. The van der Waals surface area contributed by atoms with E-state index in [2.05, 4.69) is 15.0 Å². The molecule has 0 saturated carbocycles. The second kappa shape index (κ2) is 8.47. The van der Waals surface area contributed by atoms with Crippen LogP contribution in [0, 0.1) is 5.92 Å². The van der Waals surface area contributed by atoms with Crippen LogP contribution < -0.4 is 0 Å². The summed E-state index contributed by atoms with van der Waals surface area (Å²) in [5.41, 5.74) is 3.99. The molecule has 1 aliphatic rings. The van der Waals surface area contributed by atoms with Crippen LogP contribution in [0.1, 0.15) is 38.3 Å². The van der Waals surface area contributed by atoms with E-state index in [1.165, 1.54) is 0 Å². The Hall–Kier alpha value is -3.15. The number of rotatable bonds is 4. The maximum atomic E-state index is 12.6. The minimum atomic E-state index is 0.00574. The Bertz CT molecular complexity index is 975. The van der Waals surface area contributed by atoms with Crippen LogP contribution in [0.25, 0.3) is 22.5 Å². The van der Waals surface area contributed by atoms with Gasteiger partial charge in [-0.3, -0.25) is 14.8 Å². The fraction of sp³-hybridized carbons (Fsp3) is 0.348. The largest absolute Gasteiger partial charge is 0.342 e. The highest BCUT2D eigenvalue weighted by molar-refractivity contribution is 5.78. The predicted molar refractivity (Wildman–Crippen MR) is 112 cm³/mol. The minimum Gasteiger partial charge on any atom is -0.342 e. The average Bonchev–Trinajstić information content (AvgIpc) is 2.79. The molecule has 29 heavy (non-hydrogen) atoms. The van der Waals surface area contributed by atoms with Gasteiger partial charge in [-0.05, 0) is 42.7 Å². The van der Waals surface area contributed by atoms with Gasteiger partial charge in [0.25, 0.3) is 0 Å². The molecule has 6 nitrogen and oxygen atoms in total. The summed E-state index contributed by atoms with van der Waals surface area (Å²) in [5, 5.41) is 0. The van der Waals surface area contributed by atoms with Crippen LogP contribution >= 0.6 is 0 Å². The van der Waals surface area contributed by atoms with Crippen molar-refractivity contribution in [2.75, 3.05) is 13.1 Å². The molecule has 0 radical (unpaired) electrons. The summed E-state index contributed by atoms with van der Waals surface area (Å²) >= 11 is 0. The number of hydrogen-bond donors (Lipinski definition) is 0. The van der Waals surface area contributed by atoms with Gasteiger partial charge in [0.2, 0.25) is 5.91 Å². The summed E-state index contributed by atoms with van der Waals surface area (Å²) in [6, 6.07) is 7.80. The molecule has 1 aliphatic heterocycles. The molecule has 1 saturated heterocycles. The number of pyridine rings is 2. The van der Waals surface area contributed by atoms with Gasteiger partial charge in [0.15, 0.2) is 5.82 Å². The van der Waals surface area contributed by atoms with Crippen LogP contribution in [0.3, 0.4) is 0 Å². The fourth-order valence-corrected chi connectivity index (χ4v) is 3.87. The molecule has 4 heterocycles. The number of likely N-dealkylation sites (tertiary alicyclic amines) is 1. The molecule has 0 N–H and O–H groups in total. The molecule has 148 valence electrons. The summed E-state index contributed by atoms with van der Waals surface area (Å²) in [5.74, 6) is 1.08. The highest BCUT2D eigenvalue weighted by atomic mass is 16.2. The van der Waals surface area contributed by atoms with Crippen LogP contribution in [0.2, 0.25) is 0 Å². The van der Waals surface area contributed by atoms with E-state index in [0.717, 1.165) is 41.8 Å². The zero-order valence-electron chi connectivity index (χ0n) is 16.8. The lowest BCUT2D eigenvalue weighted by molar-refractivity contribution is -0.135. The van der Waals surface area contributed by atoms with Crippen molar-refractivity contribution in [3.05, 3.63) is 60.9 Å². The Morgan fingerprint density at radius 2 is 1.69 bits per heavy atom. The van der Waals surface area contributed by atoms with Gasteiger partial charge in [-0.25, -0.2) is 9.97 Å². The van der Waals surface area contributed by atoms with Gasteiger partial charge >= 0.3 is 0 Å². The van der Waals surface area contributed by atoms with E-state index in [4.69, 9.17) is 4.98 Å². The third-order valence-corrected chi connectivity index (χ3v) is 5.36. The zero-order chi connectivity index (χ0) is 20.2. The lowest BCUT2D eigenvalue weighted by atomic mass is 9.89. The lowest BCUT2D eigenvalue weighted by Crippen LogP contribution is -2.41. The molecular formula is C23H25N5O. The molecule has 4 rings (SSSR count). The third kappa shape index (κ3) is 4.16. The highest BCUT2D eigenvalue weighted by Crippen LogP contribution is 2.34. The van der Waals surface area contributed by atoms with E-state index in [9.17, 15) is 4.79 Å². The summed E-state index contributed by atoms with van der Waals surface area (Å²) in [6.07, 6.45) is 10.9. The van der Waals surface area contributed by atoms with Crippen molar-refractivity contribution in [3.8, 4) is 22.5 Å². The van der Waals surface area contributed by atoms with Crippen LogP contribution in [0.4, 0.5) is 0 Å². The molecule has 1 atom stereocenters. The minimum absolute atomic E-state index is 0.00574. The summed E-state index contributed by atoms with van der Waals surface area (Å²) < 4.78 is 0. The summed E-state index contributed by atoms with van der Waals surface area (Å²) in [6.45, 7) is 5.43. The van der Waals surface area contributed by atoms with Gasteiger partial charge in [0.1, 0.15) is 0 Å². The molecule has 0 bridgehead atoms. The van der Waals surface area contributed by atoms with E-state index in [1.807, 2.05) is 49.2 Å². The normalized spacial score (nSPS) is 16.8. The van der Waals surface area contributed by atoms with E-state index in [-0.39, 0.29) is 17.7 Å². The Morgan fingerprint density at radius 1 is 1.03 bits per heavy atom. The zero-order valence-corrected chi connectivity index (χ0v) is 16.8. The monoisotopic (exact) mass is 387 g/mol. The van der Waals surface area contributed by atoms with Crippen molar-refractivity contribution >= 4 is 5.91 Å². The van der Waals surface area contributed by atoms with Crippen LogP contribution in [0.5, 0.6) is 0 Å². The average molecular weight is 387 g/mol.